The molecule has 0 aliphatic carbocycles. The summed E-state index contributed by atoms with van der Waals surface area (Å²) in [5.41, 5.74) is 1.32. The molecule has 1 rings (SSSR count). The van der Waals surface area contributed by atoms with Crippen LogP contribution >= 0.6 is 0 Å². The van der Waals surface area contributed by atoms with Crippen LogP contribution in [0.1, 0.15) is 20.3 Å². The van der Waals surface area contributed by atoms with E-state index in [1.807, 2.05) is 0 Å². The van der Waals surface area contributed by atoms with Crippen LogP contribution in [0.3, 0.4) is 0 Å². The molecule has 5 heteroatoms. The van der Waals surface area contributed by atoms with Crippen molar-refractivity contribution in [3.63, 3.8) is 0 Å². The number of hydrogen-bond donors (Lipinski definition) is 0. The van der Waals surface area contributed by atoms with Gasteiger partial charge in [-0.05, 0) is 37.8 Å². The molecular formula is C9H23O2Si3. The molecule has 3 unspecified atom stereocenters. The largest absolute Gasteiger partial charge is 0.460 e. The lowest BCUT2D eigenvalue weighted by Gasteiger charge is -2.29. The zero-order valence-corrected chi connectivity index (χ0v) is 13.2. The fraction of sp³-hybridized carbons (Fsp3) is 1.00. The second-order valence-electron chi connectivity index (χ2n) is 4.41. The Bertz CT molecular complexity index is 154. The molecule has 1 heterocycles. The molecule has 2 nitrogen and oxygen atoms in total. The molecule has 0 aromatic heterocycles. The van der Waals surface area contributed by atoms with Crippen molar-refractivity contribution in [1.29, 1.82) is 0 Å². The summed E-state index contributed by atoms with van der Waals surface area (Å²) in [4.78, 5) is 0. The third-order valence-corrected chi connectivity index (χ3v) is 13.5. The van der Waals surface area contributed by atoms with Crippen LogP contribution in [0.25, 0.3) is 0 Å². The quantitative estimate of drug-likeness (QED) is 0.696. The molecule has 1 fully saturated rings. The van der Waals surface area contributed by atoms with E-state index in [1.165, 1.54) is 24.2 Å². The summed E-state index contributed by atoms with van der Waals surface area (Å²) in [6.45, 7) is 9.16. The molecule has 83 valence electrons. The van der Waals surface area contributed by atoms with Gasteiger partial charge in [0.15, 0.2) is 18.1 Å². The van der Waals surface area contributed by atoms with Crippen LogP contribution in [-0.4, -0.2) is 33.2 Å². The molecule has 0 aromatic rings. The molecule has 3 atom stereocenters. The highest BCUT2D eigenvalue weighted by atomic mass is 28.4. The lowest BCUT2D eigenvalue weighted by Crippen LogP contribution is -2.38. The van der Waals surface area contributed by atoms with Crippen molar-refractivity contribution in [1.82, 2.24) is 0 Å². The van der Waals surface area contributed by atoms with Crippen LogP contribution in [-0.2, 0) is 8.54 Å². The molecule has 1 saturated heterocycles. The summed E-state index contributed by atoms with van der Waals surface area (Å²) in [7, 11) is -2.26. The third-order valence-electron chi connectivity index (χ3n) is 2.54. The second-order valence-corrected chi connectivity index (χ2v) is 12.7. The number of hydrogen-bond acceptors (Lipinski definition) is 2. The Balaban J connectivity index is 2.47. The van der Waals surface area contributed by atoms with Crippen molar-refractivity contribution in [2.24, 2.45) is 0 Å². The first-order valence-corrected chi connectivity index (χ1v) is 12.5. The maximum atomic E-state index is 6.16. The predicted molar refractivity (Wildman–Crippen MR) is 68.1 cm³/mol. The molecule has 14 heavy (non-hydrogen) atoms. The Morgan fingerprint density at radius 1 is 1.36 bits per heavy atom. The van der Waals surface area contributed by atoms with Crippen LogP contribution < -0.4 is 0 Å². The Morgan fingerprint density at radius 2 is 2.07 bits per heavy atom. The molecule has 0 amide bonds. The van der Waals surface area contributed by atoms with Gasteiger partial charge >= 0.3 is 0 Å². The molecule has 1 radical (unpaired) electrons. The Morgan fingerprint density at radius 3 is 2.71 bits per heavy atom. The van der Waals surface area contributed by atoms with Gasteiger partial charge in [-0.1, -0.05) is 13.3 Å². The van der Waals surface area contributed by atoms with Crippen molar-refractivity contribution in [2.45, 2.75) is 57.2 Å². The highest BCUT2D eigenvalue weighted by Crippen LogP contribution is 2.18. The standard InChI is InChI=1S/C9H23O2Si3/c1-5-6-14-8-13(4)11-12(3)7-9(2)10-14/h9,12-13H,5-8H2,1-4H3. The lowest BCUT2D eigenvalue weighted by molar-refractivity contribution is 0.235. The molecule has 1 aliphatic heterocycles. The minimum atomic E-state index is -0.878. The molecule has 0 N–H and O–H groups in total. The van der Waals surface area contributed by atoms with Crippen LogP contribution in [0.5, 0.6) is 0 Å². The first-order valence-electron chi connectivity index (χ1n) is 5.78. The summed E-state index contributed by atoms with van der Waals surface area (Å²) in [5, 5.41) is 0. The van der Waals surface area contributed by atoms with E-state index in [0.717, 1.165) is 0 Å². The van der Waals surface area contributed by atoms with Gasteiger partial charge in [-0.2, -0.15) is 0 Å². The lowest BCUT2D eigenvalue weighted by atomic mass is 10.5. The minimum Gasteiger partial charge on any atom is -0.460 e. The van der Waals surface area contributed by atoms with Gasteiger partial charge in [0.1, 0.15) is 0 Å². The average Bonchev–Trinajstić information content (AvgIpc) is 2.00. The van der Waals surface area contributed by atoms with Crippen molar-refractivity contribution in [3.8, 4) is 0 Å². The van der Waals surface area contributed by atoms with E-state index < -0.39 is 27.1 Å². The van der Waals surface area contributed by atoms with Crippen molar-refractivity contribution >= 4 is 27.1 Å². The molecule has 1 aliphatic rings. The van der Waals surface area contributed by atoms with E-state index in [-0.39, 0.29) is 0 Å². The van der Waals surface area contributed by atoms with Crippen molar-refractivity contribution in [3.05, 3.63) is 0 Å². The van der Waals surface area contributed by atoms with Crippen LogP contribution in [0.2, 0.25) is 30.8 Å². The van der Waals surface area contributed by atoms with Crippen LogP contribution in [0.4, 0.5) is 0 Å². The van der Waals surface area contributed by atoms with Gasteiger partial charge in [0.2, 0.25) is 9.04 Å². The Labute approximate surface area is 93.2 Å². The van der Waals surface area contributed by atoms with Gasteiger partial charge in [0.05, 0.1) is 0 Å². The molecular weight excluding hydrogens is 224 g/mol. The van der Waals surface area contributed by atoms with Gasteiger partial charge in [0.25, 0.3) is 0 Å². The fourth-order valence-electron chi connectivity index (χ4n) is 2.11. The third kappa shape index (κ3) is 4.39. The summed E-state index contributed by atoms with van der Waals surface area (Å²) in [6.07, 6.45) is 1.74. The molecule has 0 aromatic carbocycles. The Hall–Kier alpha value is 0.571. The van der Waals surface area contributed by atoms with Crippen LogP contribution in [0, 0.1) is 0 Å². The predicted octanol–water partition coefficient (Wildman–Crippen LogP) is 2.07. The monoisotopic (exact) mass is 247 g/mol. The van der Waals surface area contributed by atoms with E-state index >= 15 is 0 Å². The van der Waals surface area contributed by atoms with Crippen molar-refractivity contribution in [2.75, 3.05) is 0 Å². The Kier molecular flexibility index (Phi) is 5.61. The van der Waals surface area contributed by atoms with E-state index in [1.54, 1.807) is 0 Å². The first-order chi connectivity index (χ1) is 6.61. The molecule has 0 bridgehead atoms. The maximum Gasteiger partial charge on any atom is 0.210 e. The van der Waals surface area contributed by atoms with E-state index in [0.29, 0.717) is 6.10 Å². The fourth-order valence-corrected chi connectivity index (χ4v) is 13.3. The highest BCUT2D eigenvalue weighted by molar-refractivity contribution is 6.75. The highest BCUT2D eigenvalue weighted by Gasteiger charge is 2.26. The van der Waals surface area contributed by atoms with Gasteiger partial charge < -0.3 is 8.54 Å². The summed E-state index contributed by atoms with van der Waals surface area (Å²) in [6, 6.07) is 2.53. The summed E-state index contributed by atoms with van der Waals surface area (Å²) in [5.74, 6) is 0. The molecule has 0 spiro atoms. The van der Waals surface area contributed by atoms with Gasteiger partial charge in [-0.15, -0.1) is 0 Å². The van der Waals surface area contributed by atoms with E-state index in [9.17, 15) is 0 Å². The van der Waals surface area contributed by atoms with Gasteiger partial charge in [-0.3, -0.25) is 0 Å². The number of rotatable bonds is 2. The average molecular weight is 248 g/mol. The second kappa shape index (κ2) is 6.22. The summed E-state index contributed by atoms with van der Waals surface area (Å²) < 4.78 is 12.3. The normalized spacial score (nSPS) is 36.4. The summed E-state index contributed by atoms with van der Waals surface area (Å²) >= 11 is 0. The van der Waals surface area contributed by atoms with E-state index in [2.05, 4.69) is 26.9 Å². The smallest absolute Gasteiger partial charge is 0.210 e. The topological polar surface area (TPSA) is 18.5 Å². The van der Waals surface area contributed by atoms with Crippen molar-refractivity contribution < 1.29 is 8.54 Å². The maximum absolute atomic E-state index is 6.16. The van der Waals surface area contributed by atoms with Gasteiger partial charge in [-0.25, -0.2) is 0 Å². The first kappa shape index (κ1) is 12.6. The zero-order chi connectivity index (χ0) is 10.6. The SMILES string of the molecule is CCC[Si]1C[SiH](C)O[SiH](C)CC(C)O1. The zero-order valence-electron chi connectivity index (χ0n) is 9.88. The van der Waals surface area contributed by atoms with Crippen LogP contribution in [0.15, 0.2) is 0 Å². The minimum absolute atomic E-state index is 0.471. The van der Waals surface area contributed by atoms with Gasteiger partial charge in [0, 0.05) is 6.10 Å². The molecule has 0 saturated carbocycles. The van der Waals surface area contributed by atoms with E-state index in [4.69, 9.17) is 8.54 Å².